The zero-order valence-electron chi connectivity index (χ0n) is 29.7. The maximum atomic E-state index is 13.0. The molecule has 0 saturated carbocycles. The lowest BCUT2D eigenvalue weighted by atomic mass is 9.86. The number of nitrogens with two attached hydrogens (primary N) is 1. The number of nitrogen functional groups attached to an aromatic ring is 1. The summed E-state index contributed by atoms with van der Waals surface area (Å²) in [7, 11) is -4.72. The Morgan fingerprint density at radius 1 is 1.04 bits per heavy atom. The van der Waals surface area contributed by atoms with E-state index in [2.05, 4.69) is 22.0 Å². The molecular weight excluding hydrogens is 679 g/mol. The van der Waals surface area contributed by atoms with Crippen molar-refractivity contribution in [3.8, 4) is 11.8 Å². The van der Waals surface area contributed by atoms with E-state index in [1.165, 1.54) is 87.8 Å². The van der Waals surface area contributed by atoms with Gasteiger partial charge in [0.1, 0.15) is 47.2 Å². The maximum Gasteiger partial charge on any atom is 0.472 e. The van der Waals surface area contributed by atoms with E-state index < -0.39 is 37.8 Å². The lowest BCUT2D eigenvalue weighted by Gasteiger charge is -2.32. The third kappa shape index (κ3) is 11.7. The predicted octanol–water partition coefficient (Wildman–Crippen LogP) is 5.21. The van der Waals surface area contributed by atoms with Crippen LogP contribution < -0.4 is 10.5 Å². The molecule has 2 unspecified atom stereocenters. The van der Waals surface area contributed by atoms with Crippen LogP contribution in [0.4, 0.5) is 5.82 Å². The minimum Gasteiger partial charge on any atom is -0.484 e. The third-order valence-corrected chi connectivity index (χ3v) is 10.0. The number of aliphatic hydroxyl groups excluding tert-OH is 1. The Labute approximate surface area is 299 Å². The van der Waals surface area contributed by atoms with Crippen molar-refractivity contribution in [1.29, 1.82) is 5.26 Å². The molecule has 1 fully saturated rings. The summed E-state index contributed by atoms with van der Waals surface area (Å²) in [5.41, 5.74) is 3.22. The largest absolute Gasteiger partial charge is 0.484 e. The van der Waals surface area contributed by atoms with Crippen LogP contribution in [0, 0.1) is 11.3 Å². The number of aromatic nitrogens is 4. The van der Waals surface area contributed by atoms with Crippen molar-refractivity contribution in [2.24, 2.45) is 0 Å². The second-order valence-electron chi connectivity index (χ2n) is 13.3. The smallest absolute Gasteiger partial charge is 0.472 e. The van der Waals surface area contributed by atoms with Crippen molar-refractivity contribution in [2.75, 3.05) is 38.8 Å². The number of pyridine rings is 1. The molecule has 1 aliphatic rings. The summed E-state index contributed by atoms with van der Waals surface area (Å²) in [5, 5.41) is 35.9. The molecule has 0 bridgehead atoms. The van der Waals surface area contributed by atoms with Gasteiger partial charge in [-0.3, -0.25) is 9.05 Å². The molecule has 5 atom stereocenters. The number of nitriles is 1. The van der Waals surface area contributed by atoms with Crippen molar-refractivity contribution in [3.63, 3.8) is 0 Å². The Bertz CT molecular complexity index is 1590. The summed E-state index contributed by atoms with van der Waals surface area (Å²) in [6, 6.07) is 8.15. The van der Waals surface area contributed by atoms with Crippen LogP contribution in [0.5, 0.6) is 5.75 Å². The first kappa shape index (κ1) is 40.6. The number of hydrogen-bond donors (Lipinski definition) is 4. The molecule has 1 aliphatic heterocycles. The summed E-state index contributed by atoms with van der Waals surface area (Å²) in [5.74, 6) is 0.509. The van der Waals surface area contributed by atoms with Crippen molar-refractivity contribution in [1.82, 2.24) is 19.6 Å². The van der Waals surface area contributed by atoms with Crippen molar-refractivity contribution >= 4 is 19.2 Å². The summed E-state index contributed by atoms with van der Waals surface area (Å²) in [6.45, 7) is 2.90. The van der Waals surface area contributed by atoms with Gasteiger partial charge in [0.2, 0.25) is 0 Å². The molecule has 4 heterocycles. The molecule has 16 heteroatoms. The second-order valence-corrected chi connectivity index (χ2v) is 14.8. The van der Waals surface area contributed by atoms with Gasteiger partial charge in [-0.1, -0.05) is 77.6 Å². The van der Waals surface area contributed by atoms with E-state index in [4.69, 9.17) is 34.3 Å². The number of nitrogens with zero attached hydrogens (tertiary/aromatic N) is 5. The number of unbranched alkanes of at least 4 members (excludes halogenated alkanes) is 11. The predicted molar refractivity (Wildman–Crippen MR) is 189 cm³/mol. The molecule has 0 amide bonds. The number of phosphoric acid groups is 1. The molecule has 5 N–H and O–H groups in total. The number of rotatable bonds is 24. The number of anilines is 1. The average molecular weight is 733 g/mol. The Hall–Kier alpha value is -3.19. The number of aliphatic hydroxyl groups is 2. The average Bonchev–Trinajstić information content (AvgIpc) is 3.67. The highest BCUT2D eigenvalue weighted by atomic mass is 31.2. The first-order valence-electron chi connectivity index (χ1n) is 17.9. The van der Waals surface area contributed by atoms with Crippen LogP contribution >= 0.6 is 7.82 Å². The van der Waals surface area contributed by atoms with E-state index in [0.29, 0.717) is 17.9 Å². The Balaban J connectivity index is 1.23. The number of fused-ring (bicyclic) bond motifs is 1. The molecule has 3 aromatic rings. The van der Waals surface area contributed by atoms with Gasteiger partial charge in [0, 0.05) is 6.61 Å². The molecule has 0 radical (unpaired) electrons. The van der Waals surface area contributed by atoms with Crippen LogP contribution in [0.25, 0.3) is 5.52 Å². The van der Waals surface area contributed by atoms with Gasteiger partial charge in [0.05, 0.1) is 38.3 Å². The third-order valence-electron chi connectivity index (χ3n) is 9.12. The topological polar surface area (TPSA) is 217 Å². The van der Waals surface area contributed by atoms with Crippen LogP contribution in [0.3, 0.4) is 0 Å². The van der Waals surface area contributed by atoms with E-state index >= 15 is 0 Å². The Morgan fingerprint density at radius 2 is 1.73 bits per heavy atom. The van der Waals surface area contributed by atoms with Crippen LogP contribution in [0.2, 0.25) is 0 Å². The van der Waals surface area contributed by atoms with Crippen molar-refractivity contribution < 1.29 is 42.9 Å². The molecule has 51 heavy (non-hydrogen) atoms. The van der Waals surface area contributed by atoms with Crippen molar-refractivity contribution in [2.45, 2.75) is 114 Å². The fourth-order valence-corrected chi connectivity index (χ4v) is 6.91. The van der Waals surface area contributed by atoms with Gasteiger partial charge in [-0.2, -0.15) is 10.4 Å². The summed E-state index contributed by atoms with van der Waals surface area (Å²) >= 11 is 0. The molecule has 1 saturated heterocycles. The Kier molecular flexibility index (Phi) is 15.6. The zero-order chi connectivity index (χ0) is 36.7. The lowest BCUT2D eigenvalue weighted by Crippen LogP contribution is -2.49. The fourth-order valence-electron chi connectivity index (χ4n) is 6.06. The van der Waals surface area contributed by atoms with E-state index in [-0.39, 0.29) is 37.0 Å². The highest BCUT2D eigenvalue weighted by Gasteiger charge is 2.58. The molecule has 3 aromatic heterocycles. The van der Waals surface area contributed by atoms with Gasteiger partial charge in [-0.25, -0.2) is 19.0 Å². The molecule has 0 spiro atoms. The van der Waals surface area contributed by atoms with Gasteiger partial charge in [-0.05, 0) is 37.6 Å². The monoisotopic (exact) mass is 732 g/mol. The molecule has 15 nitrogen and oxygen atoms in total. The van der Waals surface area contributed by atoms with Gasteiger partial charge in [-0.15, -0.1) is 0 Å². The van der Waals surface area contributed by atoms with Gasteiger partial charge >= 0.3 is 7.82 Å². The van der Waals surface area contributed by atoms with E-state index in [0.717, 1.165) is 19.3 Å². The minimum absolute atomic E-state index is 0.0595. The van der Waals surface area contributed by atoms with Crippen LogP contribution in [0.15, 0.2) is 36.8 Å². The van der Waals surface area contributed by atoms with E-state index in [1.54, 1.807) is 18.2 Å². The fraction of sp³-hybridized carbons (Fsp3) is 0.657. The molecule has 4 rings (SSSR count). The number of phosphoric ester groups is 1. The number of ether oxygens (including phenoxy) is 3. The van der Waals surface area contributed by atoms with E-state index in [9.17, 15) is 19.7 Å². The van der Waals surface area contributed by atoms with Crippen LogP contribution in [-0.4, -0.2) is 85.5 Å². The first-order chi connectivity index (χ1) is 24.5. The number of hydrogen-bond acceptors (Lipinski definition) is 13. The normalized spacial score (nSPS) is 22.2. The molecular formula is C35H53N6O9P. The zero-order valence-corrected chi connectivity index (χ0v) is 30.6. The van der Waals surface area contributed by atoms with Crippen molar-refractivity contribution in [3.05, 3.63) is 48.2 Å². The minimum atomic E-state index is -4.72. The highest BCUT2D eigenvalue weighted by Crippen LogP contribution is 2.47. The molecule has 0 aromatic carbocycles. The highest BCUT2D eigenvalue weighted by molar-refractivity contribution is 7.47. The summed E-state index contributed by atoms with van der Waals surface area (Å²) in [4.78, 5) is 18.5. The van der Waals surface area contributed by atoms with Gasteiger partial charge in [0.25, 0.3) is 0 Å². The first-order valence-corrected chi connectivity index (χ1v) is 19.4. The summed E-state index contributed by atoms with van der Waals surface area (Å²) < 4.78 is 42.4. The lowest BCUT2D eigenvalue weighted by molar-refractivity contribution is -0.1000. The maximum absolute atomic E-state index is 13.0. The van der Waals surface area contributed by atoms with Crippen LogP contribution in [-0.2, 0) is 28.7 Å². The second kappa shape index (κ2) is 19.6. The standard InChI is InChI=1S/C35H53N6O9P/c1-3-4-5-6-7-8-9-10-11-12-13-14-19-46-22-29(50-28-16-15-27(20-36)38-21-28)23-48-51(44,45)49-24-34(2)33(42)35(43,25-47-34)31-18-17-30-32(37)39-26-40-41(30)31/h15-18,21,26,29,33,42-43H,3-14,19,22-25H2,1-2H3,(H,44,45)(H2,37,39,40)/t29-,33-,34-,35?/m1/s1. The summed E-state index contributed by atoms with van der Waals surface area (Å²) in [6.07, 6.45) is 15.0. The van der Waals surface area contributed by atoms with Gasteiger partial charge < -0.3 is 35.1 Å². The molecule has 282 valence electrons. The van der Waals surface area contributed by atoms with E-state index in [1.807, 2.05) is 6.07 Å². The van der Waals surface area contributed by atoms with Crippen LogP contribution in [0.1, 0.15) is 102 Å². The molecule has 0 aliphatic carbocycles. The quantitative estimate of drug-likeness (QED) is 0.0687. The van der Waals surface area contributed by atoms with Gasteiger partial charge in [0.15, 0.2) is 11.4 Å². The SMILES string of the molecule is CCCCCCCCCCCCCCOC[C@H](COP(=O)(O)OC[C@@]1(C)OCC(O)(c2ccc3c(N)ncnn23)[C@@H]1O)Oc1ccc(C#N)nc1. The Morgan fingerprint density at radius 3 is 2.37 bits per heavy atom.